The molecule has 1 aliphatic heterocycles. The third-order valence-corrected chi connectivity index (χ3v) is 5.79. The molecule has 1 aliphatic rings. The third-order valence-electron chi connectivity index (χ3n) is 3.87. The lowest BCUT2D eigenvalue weighted by atomic mass is 9.96. The predicted octanol–water partition coefficient (Wildman–Crippen LogP) is 2.64. The second-order valence-electron chi connectivity index (χ2n) is 5.74. The molecular formula is C15H19N3O3S2. The molecule has 0 fully saturated rings. The maximum atomic E-state index is 11.2. The average molecular weight is 353 g/mol. The van der Waals surface area contributed by atoms with E-state index in [2.05, 4.69) is 28.6 Å². The van der Waals surface area contributed by atoms with Gasteiger partial charge < -0.3 is 15.2 Å². The van der Waals surface area contributed by atoms with Crippen molar-refractivity contribution in [2.24, 2.45) is 5.92 Å². The first-order valence-corrected chi connectivity index (χ1v) is 9.18. The van der Waals surface area contributed by atoms with Crippen LogP contribution in [0.4, 0.5) is 5.82 Å². The molecule has 2 aromatic rings. The zero-order chi connectivity index (χ0) is 16.6. The summed E-state index contributed by atoms with van der Waals surface area (Å²) < 4.78 is 10.5. The summed E-state index contributed by atoms with van der Waals surface area (Å²) in [6.45, 7) is 4.92. The highest BCUT2D eigenvalue weighted by Crippen LogP contribution is 2.39. The summed E-state index contributed by atoms with van der Waals surface area (Å²) >= 11 is 2.83. The number of nitrogen functional groups attached to an aromatic ring is 1. The second-order valence-corrected chi connectivity index (χ2v) is 7.76. The van der Waals surface area contributed by atoms with Gasteiger partial charge in [-0.15, -0.1) is 11.3 Å². The fourth-order valence-electron chi connectivity index (χ4n) is 2.56. The van der Waals surface area contributed by atoms with Crippen molar-refractivity contribution >= 4 is 45.1 Å². The summed E-state index contributed by atoms with van der Waals surface area (Å²) in [6.07, 6.45) is 1.04. The van der Waals surface area contributed by atoms with E-state index in [0.717, 1.165) is 16.6 Å². The molecule has 124 valence electrons. The Balaban J connectivity index is 1.93. The van der Waals surface area contributed by atoms with E-state index < -0.39 is 0 Å². The van der Waals surface area contributed by atoms with E-state index in [0.29, 0.717) is 23.5 Å². The molecule has 0 unspecified atom stereocenters. The SMILES string of the molecule is COC(=O)CSc1nc(N)c2c3c(sc2n1)CO[C@@H](C(C)C)C3. The van der Waals surface area contributed by atoms with Crippen molar-refractivity contribution in [3.8, 4) is 0 Å². The van der Waals surface area contributed by atoms with Gasteiger partial charge in [-0.25, -0.2) is 9.97 Å². The van der Waals surface area contributed by atoms with Crippen molar-refractivity contribution in [2.45, 2.75) is 38.1 Å². The molecule has 3 rings (SSSR count). The Labute approximate surface area is 142 Å². The van der Waals surface area contributed by atoms with Gasteiger partial charge in [0.05, 0.1) is 31.0 Å². The number of ether oxygens (including phenoxy) is 2. The maximum absolute atomic E-state index is 11.2. The van der Waals surface area contributed by atoms with Crippen LogP contribution in [0.2, 0.25) is 0 Å². The molecule has 0 saturated heterocycles. The largest absolute Gasteiger partial charge is 0.468 e. The van der Waals surface area contributed by atoms with Crippen LogP contribution in [-0.4, -0.2) is 34.9 Å². The Morgan fingerprint density at radius 3 is 3.00 bits per heavy atom. The predicted molar refractivity (Wildman–Crippen MR) is 91.7 cm³/mol. The van der Waals surface area contributed by atoms with Crippen LogP contribution in [0.3, 0.4) is 0 Å². The summed E-state index contributed by atoms with van der Waals surface area (Å²) in [5, 5.41) is 1.45. The number of nitrogens with zero attached hydrogens (tertiary/aromatic N) is 2. The first kappa shape index (κ1) is 16.5. The van der Waals surface area contributed by atoms with Gasteiger partial charge in [0.2, 0.25) is 0 Å². The Morgan fingerprint density at radius 2 is 2.30 bits per heavy atom. The number of carbonyl (C=O) groups excluding carboxylic acids is 1. The van der Waals surface area contributed by atoms with Gasteiger partial charge in [0.25, 0.3) is 0 Å². The number of carbonyl (C=O) groups is 1. The molecular weight excluding hydrogens is 334 g/mol. The molecule has 8 heteroatoms. The Bertz CT molecular complexity index is 745. The molecule has 0 spiro atoms. The smallest absolute Gasteiger partial charge is 0.316 e. The molecule has 2 N–H and O–H groups in total. The van der Waals surface area contributed by atoms with Crippen LogP contribution in [0, 0.1) is 5.92 Å². The average Bonchev–Trinajstić information content (AvgIpc) is 2.90. The van der Waals surface area contributed by atoms with E-state index in [4.69, 9.17) is 10.5 Å². The van der Waals surface area contributed by atoms with Gasteiger partial charge in [0, 0.05) is 11.3 Å². The number of hydrogen-bond acceptors (Lipinski definition) is 8. The van der Waals surface area contributed by atoms with Gasteiger partial charge in [-0.05, 0) is 11.5 Å². The van der Waals surface area contributed by atoms with Crippen LogP contribution in [0.25, 0.3) is 10.2 Å². The van der Waals surface area contributed by atoms with Gasteiger partial charge in [-0.2, -0.15) is 0 Å². The van der Waals surface area contributed by atoms with Crippen molar-refractivity contribution in [3.63, 3.8) is 0 Å². The van der Waals surface area contributed by atoms with Crippen molar-refractivity contribution in [1.29, 1.82) is 0 Å². The van der Waals surface area contributed by atoms with Crippen LogP contribution >= 0.6 is 23.1 Å². The molecule has 2 aromatic heterocycles. The number of rotatable bonds is 4. The summed E-state index contributed by atoms with van der Waals surface area (Å²) in [5.74, 6) is 0.792. The van der Waals surface area contributed by atoms with Gasteiger partial charge in [0.1, 0.15) is 10.6 Å². The summed E-state index contributed by atoms with van der Waals surface area (Å²) in [6, 6.07) is 0. The van der Waals surface area contributed by atoms with E-state index >= 15 is 0 Å². The monoisotopic (exact) mass is 353 g/mol. The highest BCUT2D eigenvalue weighted by atomic mass is 32.2. The lowest BCUT2D eigenvalue weighted by Gasteiger charge is -2.26. The number of fused-ring (bicyclic) bond motifs is 3. The molecule has 0 bridgehead atoms. The summed E-state index contributed by atoms with van der Waals surface area (Å²) in [5.41, 5.74) is 7.39. The minimum Gasteiger partial charge on any atom is -0.468 e. The fraction of sp³-hybridized carbons (Fsp3) is 0.533. The molecule has 1 atom stereocenters. The Morgan fingerprint density at radius 1 is 1.52 bits per heavy atom. The highest BCUT2D eigenvalue weighted by Gasteiger charge is 2.27. The molecule has 0 aliphatic carbocycles. The number of thioether (sulfide) groups is 1. The van der Waals surface area contributed by atoms with E-state index in [1.165, 1.54) is 29.3 Å². The molecule has 0 radical (unpaired) electrons. The summed E-state index contributed by atoms with van der Waals surface area (Å²) in [7, 11) is 1.36. The maximum Gasteiger partial charge on any atom is 0.316 e. The van der Waals surface area contributed by atoms with Crippen LogP contribution in [-0.2, 0) is 27.3 Å². The van der Waals surface area contributed by atoms with Crippen LogP contribution < -0.4 is 5.73 Å². The molecule has 6 nitrogen and oxygen atoms in total. The quantitative estimate of drug-likeness (QED) is 0.513. The minimum atomic E-state index is -0.309. The van der Waals surface area contributed by atoms with Gasteiger partial charge in [-0.3, -0.25) is 4.79 Å². The topological polar surface area (TPSA) is 87.3 Å². The molecule has 0 aromatic carbocycles. The lowest BCUT2D eigenvalue weighted by Crippen LogP contribution is -2.26. The second kappa shape index (κ2) is 6.62. The van der Waals surface area contributed by atoms with Crippen LogP contribution in [0.5, 0.6) is 0 Å². The number of hydrogen-bond donors (Lipinski definition) is 1. The van der Waals surface area contributed by atoms with E-state index in [1.807, 2.05) is 0 Å². The van der Waals surface area contributed by atoms with Crippen molar-refractivity contribution in [1.82, 2.24) is 9.97 Å². The normalized spacial score (nSPS) is 17.5. The third kappa shape index (κ3) is 3.29. The van der Waals surface area contributed by atoms with Crippen molar-refractivity contribution < 1.29 is 14.3 Å². The molecule has 0 amide bonds. The lowest BCUT2D eigenvalue weighted by molar-refractivity contribution is -0.137. The Hall–Kier alpha value is -1.38. The Kier molecular flexibility index (Phi) is 4.74. The zero-order valence-electron chi connectivity index (χ0n) is 13.3. The summed E-state index contributed by atoms with van der Waals surface area (Å²) in [4.78, 5) is 22.2. The zero-order valence-corrected chi connectivity index (χ0v) is 14.9. The van der Waals surface area contributed by atoms with E-state index in [1.54, 1.807) is 11.3 Å². The standard InChI is InChI=1S/C15H19N3O3S2/c1-7(2)9-4-8-10(5-21-9)23-14-12(8)13(16)17-15(18-14)22-6-11(19)20-3/h7,9H,4-6H2,1-3H3,(H2,16,17,18)/t9-/m1/s1. The molecule has 0 saturated carbocycles. The van der Waals surface area contributed by atoms with Gasteiger partial charge in [-0.1, -0.05) is 25.6 Å². The number of anilines is 1. The first-order chi connectivity index (χ1) is 11.0. The van der Waals surface area contributed by atoms with Crippen molar-refractivity contribution in [3.05, 3.63) is 10.4 Å². The molecule has 3 heterocycles. The van der Waals surface area contributed by atoms with Crippen molar-refractivity contribution in [2.75, 3.05) is 18.6 Å². The van der Waals surface area contributed by atoms with Gasteiger partial charge >= 0.3 is 5.97 Å². The number of methoxy groups -OCH3 is 1. The number of nitrogens with two attached hydrogens (primary N) is 1. The fourth-order valence-corrected chi connectivity index (χ4v) is 4.43. The van der Waals surface area contributed by atoms with E-state index in [-0.39, 0.29) is 17.8 Å². The first-order valence-electron chi connectivity index (χ1n) is 7.38. The number of esters is 1. The number of aromatic nitrogens is 2. The van der Waals surface area contributed by atoms with Gasteiger partial charge in [0.15, 0.2) is 5.16 Å². The van der Waals surface area contributed by atoms with Crippen LogP contribution in [0.1, 0.15) is 24.3 Å². The van der Waals surface area contributed by atoms with Crippen LogP contribution in [0.15, 0.2) is 5.16 Å². The highest BCUT2D eigenvalue weighted by molar-refractivity contribution is 7.99. The van der Waals surface area contributed by atoms with E-state index in [9.17, 15) is 4.79 Å². The minimum absolute atomic E-state index is 0.172. The molecule has 23 heavy (non-hydrogen) atoms. The number of thiophene rings is 1.